The number of aryl methyl sites for hydroxylation is 1. The maximum absolute atomic E-state index is 11.8. The average molecular weight is 362 g/mol. The maximum Gasteiger partial charge on any atom is 0.336 e. The molecule has 0 fully saturated rings. The summed E-state index contributed by atoms with van der Waals surface area (Å²) in [7, 11) is 0. The van der Waals surface area contributed by atoms with Crippen molar-refractivity contribution in [3.63, 3.8) is 0 Å². The number of anilines is 1. The van der Waals surface area contributed by atoms with E-state index in [9.17, 15) is 4.79 Å². The number of benzene rings is 2. The van der Waals surface area contributed by atoms with Crippen LogP contribution in [0.5, 0.6) is 5.75 Å². The van der Waals surface area contributed by atoms with Crippen molar-refractivity contribution in [2.75, 3.05) is 11.6 Å². The molecule has 24 heavy (non-hydrogen) atoms. The first-order valence-electron chi connectivity index (χ1n) is 7.42. The Bertz CT molecular complexity index is 1010. The zero-order valence-corrected chi connectivity index (χ0v) is 14.3. The van der Waals surface area contributed by atoms with E-state index in [4.69, 9.17) is 32.4 Å². The van der Waals surface area contributed by atoms with Gasteiger partial charge >= 0.3 is 5.63 Å². The Balaban J connectivity index is 1.84. The van der Waals surface area contributed by atoms with E-state index in [1.165, 1.54) is 6.07 Å². The molecule has 2 aromatic carbocycles. The Labute approximate surface area is 148 Å². The summed E-state index contributed by atoms with van der Waals surface area (Å²) in [6, 6.07) is 10.6. The molecule has 0 bridgehead atoms. The van der Waals surface area contributed by atoms with Crippen LogP contribution in [0.3, 0.4) is 0 Å². The van der Waals surface area contributed by atoms with Crippen LogP contribution in [0, 0.1) is 6.92 Å². The van der Waals surface area contributed by atoms with Crippen molar-refractivity contribution in [3.8, 4) is 5.75 Å². The summed E-state index contributed by atoms with van der Waals surface area (Å²) in [5.74, 6) is 0.720. The molecule has 0 spiro atoms. The molecule has 0 aliphatic carbocycles. The number of hydrogen-bond donors (Lipinski definition) is 0. The van der Waals surface area contributed by atoms with Gasteiger partial charge in [0.05, 0.1) is 22.8 Å². The fraction of sp³-hybridized carbons (Fsp3) is 0.167. The molecule has 0 unspecified atom stereocenters. The fourth-order valence-corrected chi connectivity index (χ4v) is 3.51. The van der Waals surface area contributed by atoms with Gasteiger partial charge in [0.15, 0.2) is 6.73 Å². The number of nitrogens with zero attached hydrogens (tertiary/aromatic N) is 1. The predicted molar refractivity (Wildman–Crippen MR) is 95.4 cm³/mol. The summed E-state index contributed by atoms with van der Waals surface area (Å²) < 4.78 is 11.3. The zero-order chi connectivity index (χ0) is 16.8. The van der Waals surface area contributed by atoms with Crippen molar-refractivity contribution in [2.45, 2.75) is 13.5 Å². The van der Waals surface area contributed by atoms with Gasteiger partial charge in [0.25, 0.3) is 0 Å². The molecule has 0 atom stereocenters. The van der Waals surface area contributed by atoms with E-state index >= 15 is 0 Å². The van der Waals surface area contributed by atoms with Gasteiger partial charge < -0.3 is 14.1 Å². The highest BCUT2D eigenvalue weighted by molar-refractivity contribution is 6.36. The van der Waals surface area contributed by atoms with Crippen LogP contribution in [0.1, 0.15) is 11.1 Å². The first-order chi connectivity index (χ1) is 11.5. The second-order valence-electron chi connectivity index (χ2n) is 5.73. The van der Waals surface area contributed by atoms with Gasteiger partial charge in [0.1, 0.15) is 11.3 Å². The largest absolute Gasteiger partial charge is 0.473 e. The molecule has 0 N–H and O–H groups in total. The van der Waals surface area contributed by atoms with Crippen LogP contribution in [0.25, 0.3) is 11.0 Å². The molecule has 0 radical (unpaired) electrons. The third-order valence-corrected chi connectivity index (χ3v) is 4.69. The van der Waals surface area contributed by atoms with E-state index in [-0.39, 0.29) is 5.63 Å². The van der Waals surface area contributed by atoms with Crippen LogP contribution in [0.15, 0.2) is 45.6 Å². The Morgan fingerprint density at radius 1 is 1.12 bits per heavy atom. The van der Waals surface area contributed by atoms with Crippen molar-refractivity contribution >= 4 is 39.9 Å². The van der Waals surface area contributed by atoms with Gasteiger partial charge in [-0.15, -0.1) is 0 Å². The third-order valence-electron chi connectivity index (χ3n) is 4.15. The van der Waals surface area contributed by atoms with E-state index in [1.54, 1.807) is 12.1 Å². The number of halogens is 2. The summed E-state index contributed by atoms with van der Waals surface area (Å²) in [5, 5.41) is 2.03. The van der Waals surface area contributed by atoms with Crippen molar-refractivity contribution in [1.82, 2.24) is 0 Å². The molecule has 2 heterocycles. The highest BCUT2D eigenvalue weighted by atomic mass is 35.5. The number of fused-ring (bicyclic) bond motifs is 3. The van der Waals surface area contributed by atoms with Crippen LogP contribution in [0.4, 0.5) is 5.69 Å². The molecule has 6 heteroatoms. The molecule has 1 aliphatic rings. The lowest BCUT2D eigenvalue weighted by molar-refractivity contribution is 0.289. The van der Waals surface area contributed by atoms with E-state index in [2.05, 4.69) is 0 Å². The number of rotatable bonds is 1. The lowest BCUT2D eigenvalue weighted by Gasteiger charge is -2.31. The van der Waals surface area contributed by atoms with Gasteiger partial charge in [0.2, 0.25) is 0 Å². The molecule has 1 aromatic heterocycles. The normalized spacial score (nSPS) is 13.7. The second-order valence-corrected chi connectivity index (χ2v) is 6.58. The topological polar surface area (TPSA) is 42.7 Å². The molecule has 0 saturated carbocycles. The standard InChI is InChI=1S/C18H13Cl2NO3/c1-10-6-17(22)24-18-12(10)3-5-16-13(18)8-21(9-23-16)15-4-2-11(19)7-14(15)20/h2-7H,8-9H2,1H3. The van der Waals surface area contributed by atoms with Gasteiger partial charge in [0, 0.05) is 16.5 Å². The number of hydrogen-bond acceptors (Lipinski definition) is 4. The summed E-state index contributed by atoms with van der Waals surface area (Å²) in [4.78, 5) is 13.8. The molecule has 1 aliphatic heterocycles. The van der Waals surface area contributed by atoms with Crippen LogP contribution in [-0.4, -0.2) is 6.73 Å². The highest BCUT2D eigenvalue weighted by Gasteiger charge is 2.23. The summed E-state index contributed by atoms with van der Waals surface area (Å²) >= 11 is 12.3. The zero-order valence-electron chi connectivity index (χ0n) is 12.8. The maximum atomic E-state index is 11.8. The average Bonchev–Trinajstić information content (AvgIpc) is 2.54. The van der Waals surface area contributed by atoms with E-state index in [0.717, 1.165) is 28.0 Å². The monoisotopic (exact) mass is 361 g/mol. The lowest BCUT2D eigenvalue weighted by Crippen LogP contribution is -2.32. The molecule has 4 nitrogen and oxygen atoms in total. The van der Waals surface area contributed by atoms with Gasteiger partial charge in [-0.1, -0.05) is 23.2 Å². The minimum Gasteiger partial charge on any atom is -0.473 e. The Kier molecular flexibility index (Phi) is 3.66. The van der Waals surface area contributed by atoms with Crippen molar-refractivity contribution < 1.29 is 9.15 Å². The second kappa shape index (κ2) is 5.72. The number of ether oxygens (including phenoxy) is 1. The minimum absolute atomic E-state index is 0.357. The lowest BCUT2D eigenvalue weighted by atomic mass is 10.0. The van der Waals surface area contributed by atoms with E-state index < -0.39 is 0 Å². The van der Waals surface area contributed by atoms with Crippen LogP contribution >= 0.6 is 23.2 Å². The quantitative estimate of drug-likeness (QED) is 0.585. The molecule has 3 aromatic rings. The van der Waals surface area contributed by atoms with Crippen molar-refractivity contribution in [1.29, 1.82) is 0 Å². The Hall–Kier alpha value is -2.17. The van der Waals surface area contributed by atoms with Crippen LogP contribution in [0.2, 0.25) is 10.0 Å². The minimum atomic E-state index is -0.366. The first kappa shape index (κ1) is 15.4. The Morgan fingerprint density at radius 3 is 2.75 bits per heavy atom. The van der Waals surface area contributed by atoms with Gasteiger partial charge in [-0.05, 0) is 42.8 Å². The predicted octanol–water partition coefficient (Wildman–Crippen LogP) is 4.76. The first-order valence-corrected chi connectivity index (χ1v) is 8.17. The fourth-order valence-electron chi connectivity index (χ4n) is 2.98. The smallest absolute Gasteiger partial charge is 0.336 e. The van der Waals surface area contributed by atoms with Crippen molar-refractivity contribution in [2.24, 2.45) is 0 Å². The van der Waals surface area contributed by atoms with E-state index in [1.807, 2.05) is 30.0 Å². The molecule has 122 valence electrons. The molecular formula is C18H13Cl2NO3. The van der Waals surface area contributed by atoms with Gasteiger partial charge in [-0.25, -0.2) is 4.79 Å². The van der Waals surface area contributed by atoms with Gasteiger partial charge in [-0.3, -0.25) is 0 Å². The van der Waals surface area contributed by atoms with Crippen LogP contribution < -0.4 is 15.3 Å². The summed E-state index contributed by atoms with van der Waals surface area (Å²) in [5.41, 5.74) is 2.73. The Morgan fingerprint density at radius 2 is 1.96 bits per heavy atom. The summed E-state index contributed by atoms with van der Waals surface area (Å²) in [6.07, 6.45) is 0. The highest BCUT2D eigenvalue weighted by Crippen LogP contribution is 2.37. The molecule has 4 rings (SSSR count). The van der Waals surface area contributed by atoms with Crippen LogP contribution in [-0.2, 0) is 6.54 Å². The molecule has 0 saturated heterocycles. The van der Waals surface area contributed by atoms with Gasteiger partial charge in [-0.2, -0.15) is 0 Å². The third kappa shape index (κ3) is 2.52. The van der Waals surface area contributed by atoms with Crippen molar-refractivity contribution in [3.05, 3.63) is 68.0 Å². The van der Waals surface area contributed by atoms with E-state index in [0.29, 0.717) is 28.9 Å². The molecule has 0 amide bonds. The summed E-state index contributed by atoms with van der Waals surface area (Å²) in [6.45, 7) is 2.78. The SMILES string of the molecule is Cc1cc(=O)oc2c3c(ccc12)OCN(c1ccc(Cl)cc1Cl)C3. The molecular weight excluding hydrogens is 349 g/mol.